The predicted octanol–water partition coefficient (Wildman–Crippen LogP) is 7.63. The lowest BCUT2D eigenvalue weighted by atomic mass is 9.98. The van der Waals surface area contributed by atoms with E-state index in [2.05, 4.69) is 5.32 Å². The lowest BCUT2D eigenvalue weighted by Crippen LogP contribution is -2.18. The largest absolute Gasteiger partial charge is 0.377 e. The van der Waals surface area contributed by atoms with Crippen LogP contribution in [0.5, 0.6) is 0 Å². The van der Waals surface area contributed by atoms with Gasteiger partial charge in [0, 0.05) is 42.7 Å². The Morgan fingerprint density at radius 2 is 1.62 bits per heavy atom. The molecular formula is C28H20Cl5F2NO4. The molecule has 0 aromatic heterocycles. The van der Waals surface area contributed by atoms with Crippen LogP contribution in [0.1, 0.15) is 33.0 Å². The number of benzene rings is 3. The molecule has 5 nitrogen and oxygen atoms in total. The Labute approximate surface area is 253 Å². The first-order valence-electron chi connectivity index (χ1n) is 11.8. The molecule has 2 atom stereocenters. The van der Waals surface area contributed by atoms with Crippen molar-refractivity contribution in [3.63, 3.8) is 0 Å². The molecule has 0 unspecified atom stereocenters. The molecule has 1 aliphatic carbocycles. The third-order valence-electron chi connectivity index (χ3n) is 6.47. The summed E-state index contributed by atoms with van der Waals surface area (Å²) in [6.07, 6.45) is -0.994. The molecule has 0 spiro atoms. The SMILES string of the molecule is COCC(=O)Cc1c(F)ccc(CC(=O)c2cc(NC(=O)[C@H]3[C@H](c4ccc(Cl)c(Cl)c4)C3(Cl)Cl)ccc2Cl)c1F. The van der Waals surface area contributed by atoms with E-state index >= 15 is 4.39 Å². The van der Waals surface area contributed by atoms with Gasteiger partial charge < -0.3 is 10.1 Å². The maximum Gasteiger partial charge on any atom is 0.231 e. The van der Waals surface area contributed by atoms with Gasteiger partial charge in [0.05, 0.1) is 21.0 Å². The van der Waals surface area contributed by atoms with Crippen molar-refractivity contribution in [1.29, 1.82) is 0 Å². The number of carbonyl (C=O) groups is 3. The van der Waals surface area contributed by atoms with Crippen LogP contribution in [0.15, 0.2) is 48.5 Å². The van der Waals surface area contributed by atoms with Crippen molar-refractivity contribution in [2.24, 2.45) is 5.92 Å². The highest BCUT2D eigenvalue weighted by atomic mass is 35.5. The fraction of sp³-hybridized carbons (Fsp3) is 0.250. The van der Waals surface area contributed by atoms with Crippen molar-refractivity contribution in [1.82, 2.24) is 0 Å². The topological polar surface area (TPSA) is 72.5 Å². The van der Waals surface area contributed by atoms with E-state index in [1.165, 1.54) is 25.3 Å². The van der Waals surface area contributed by atoms with E-state index in [9.17, 15) is 18.8 Å². The van der Waals surface area contributed by atoms with E-state index in [-0.39, 0.29) is 28.4 Å². The van der Waals surface area contributed by atoms with Gasteiger partial charge >= 0.3 is 0 Å². The molecule has 0 bridgehead atoms. The minimum atomic E-state index is -1.39. The van der Waals surface area contributed by atoms with Crippen molar-refractivity contribution in [2.45, 2.75) is 23.1 Å². The van der Waals surface area contributed by atoms with Gasteiger partial charge in [0.2, 0.25) is 5.91 Å². The van der Waals surface area contributed by atoms with Gasteiger partial charge in [0.25, 0.3) is 0 Å². The van der Waals surface area contributed by atoms with Crippen molar-refractivity contribution in [2.75, 3.05) is 19.0 Å². The van der Waals surface area contributed by atoms with Gasteiger partial charge in [-0.1, -0.05) is 46.9 Å². The molecule has 1 saturated carbocycles. The molecule has 1 aliphatic rings. The molecule has 0 heterocycles. The van der Waals surface area contributed by atoms with Crippen LogP contribution in [-0.4, -0.2) is 35.5 Å². The minimum absolute atomic E-state index is 0.0000382. The number of methoxy groups -OCH3 is 1. The van der Waals surface area contributed by atoms with Crippen molar-refractivity contribution in [3.8, 4) is 0 Å². The van der Waals surface area contributed by atoms with Crippen molar-refractivity contribution in [3.05, 3.63) is 97.5 Å². The summed E-state index contributed by atoms with van der Waals surface area (Å²) < 4.78 is 32.6. The van der Waals surface area contributed by atoms with Gasteiger partial charge in [-0.05, 0) is 47.5 Å². The summed E-state index contributed by atoms with van der Waals surface area (Å²) in [5.41, 5.74) is 0.294. The smallest absolute Gasteiger partial charge is 0.231 e. The van der Waals surface area contributed by atoms with Crippen molar-refractivity contribution >= 4 is 81.2 Å². The normalized spacial score (nSPS) is 17.4. The first-order chi connectivity index (χ1) is 18.8. The number of amides is 1. The molecule has 0 radical (unpaired) electrons. The fourth-order valence-electron chi connectivity index (χ4n) is 4.43. The summed E-state index contributed by atoms with van der Waals surface area (Å²) in [6.45, 7) is -0.306. The van der Waals surface area contributed by atoms with E-state index in [4.69, 9.17) is 62.7 Å². The molecule has 3 aromatic rings. The molecule has 0 aliphatic heterocycles. The van der Waals surface area contributed by atoms with Crippen LogP contribution in [-0.2, 0) is 27.2 Å². The highest BCUT2D eigenvalue weighted by molar-refractivity contribution is 6.53. The third-order valence-corrected chi connectivity index (χ3v) is 8.48. The highest BCUT2D eigenvalue weighted by Gasteiger charge is 2.67. The molecule has 40 heavy (non-hydrogen) atoms. The number of anilines is 1. The second-order valence-corrected chi connectivity index (χ2v) is 11.9. The number of hydrogen-bond donors (Lipinski definition) is 1. The van der Waals surface area contributed by atoms with E-state index < -0.39 is 63.7 Å². The van der Waals surface area contributed by atoms with Gasteiger partial charge in [0.15, 0.2) is 11.6 Å². The first kappa shape index (κ1) is 30.7. The molecule has 12 heteroatoms. The number of ketones is 2. The zero-order chi connectivity index (χ0) is 29.4. The van der Waals surface area contributed by atoms with E-state index in [0.717, 1.165) is 12.1 Å². The average Bonchev–Trinajstić information content (AvgIpc) is 3.48. The monoisotopic (exact) mass is 647 g/mol. The lowest BCUT2D eigenvalue weighted by molar-refractivity contribution is -0.122. The van der Waals surface area contributed by atoms with Crippen LogP contribution in [0, 0.1) is 17.6 Å². The Hall–Kier alpha value is -2.26. The zero-order valence-corrected chi connectivity index (χ0v) is 24.5. The average molecular weight is 650 g/mol. The van der Waals surface area contributed by atoms with Gasteiger partial charge in [-0.3, -0.25) is 14.4 Å². The predicted molar refractivity (Wildman–Crippen MR) is 152 cm³/mol. The van der Waals surface area contributed by atoms with Crippen molar-refractivity contribution < 1.29 is 27.9 Å². The summed E-state index contributed by atoms with van der Waals surface area (Å²) in [5, 5.41) is 3.38. The maximum atomic E-state index is 15.0. The van der Waals surface area contributed by atoms with Crippen LogP contribution in [0.4, 0.5) is 14.5 Å². The summed E-state index contributed by atoms with van der Waals surface area (Å²) >= 11 is 31.1. The first-order valence-corrected chi connectivity index (χ1v) is 13.7. The Bertz CT molecular complexity index is 1510. The molecule has 0 saturated heterocycles. The van der Waals surface area contributed by atoms with Gasteiger partial charge in [-0.25, -0.2) is 8.78 Å². The standard InChI is InChI=1S/C28H20Cl5F2NO4/c1-40-12-16(37)11-18-22(34)7-3-14(26(18)35)9-23(38)17-10-15(4-6-19(17)29)36-27(39)25-24(28(25,32)33)13-2-5-20(30)21(31)8-13/h2-8,10,24-25H,9,11-12H2,1H3,(H,36,39)/t24-,25+/m0/s1. The number of alkyl halides is 2. The number of ether oxygens (including phenoxy) is 1. The molecular weight excluding hydrogens is 630 g/mol. The molecule has 3 aromatic carbocycles. The second-order valence-electron chi connectivity index (χ2n) is 9.23. The highest BCUT2D eigenvalue weighted by Crippen LogP contribution is 2.65. The van der Waals surface area contributed by atoms with E-state index in [0.29, 0.717) is 15.6 Å². The van der Waals surface area contributed by atoms with Crippen LogP contribution < -0.4 is 5.32 Å². The maximum absolute atomic E-state index is 15.0. The number of nitrogens with one attached hydrogen (secondary N) is 1. The van der Waals surface area contributed by atoms with Crippen LogP contribution in [0.25, 0.3) is 0 Å². The molecule has 1 N–H and O–H groups in total. The molecule has 4 rings (SSSR count). The van der Waals surface area contributed by atoms with Gasteiger partial charge in [0.1, 0.15) is 22.6 Å². The molecule has 1 amide bonds. The number of carbonyl (C=O) groups excluding carboxylic acids is 3. The number of rotatable bonds is 10. The zero-order valence-electron chi connectivity index (χ0n) is 20.7. The number of halogens is 7. The minimum Gasteiger partial charge on any atom is -0.377 e. The Balaban J connectivity index is 1.51. The molecule has 210 valence electrons. The van der Waals surface area contributed by atoms with Crippen LogP contribution in [0.2, 0.25) is 15.1 Å². The Morgan fingerprint density at radius 1 is 0.925 bits per heavy atom. The number of hydrogen-bond acceptors (Lipinski definition) is 4. The Kier molecular flexibility index (Phi) is 9.45. The summed E-state index contributed by atoms with van der Waals surface area (Å²) in [6, 6.07) is 11.2. The lowest BCUT2D eigenvalue weighted by Gasteiger charge is -2.11. The van der Waals surface area contributed by atoms with Crippen LogP contribution >= 0.6 is 58.0 Å². The summed E-state index contributed by atoms with van der Waals surface area (Å²) in [4.78, 5) is 38.0. The molecule has 1 fully saturated rings. The Morgan fingerprint density at radius 3 is 2.30 bits per heavy atom. The second kappa shape index (κ2) is 12.3. The van der Waals surface area contributed by atoms with E-state index in [1.807, 2.05) is 0 Å². The number of Topliss-reactive ketones (excluding diaryl/α,β-unsaturated/α-hetero) is 2. The van der Waals surface area contributed by atoms with E-state index in [1.54, 1.807) is 18.2 Å². The third kappa shape index (κ3) is 6.46. The summed E-state index contributed by atoms with van der Waals surface area (Å²) in [7, 11) is 1.29. The van der Waals surface area contributed by atoms with Crippen LogP contribution in [0.3, 0.4) is 0 Å². The van der Waals surface area contributed by atoms with Gasteiger partial charge in [-0.15, -0.1) is 23.2 Å². The fourth-order valence-corrected chi connectivity index (χ4v) is 5.79. The summed E-state index contributed by atoms with van der Waals surface area (Å²) in [5.74, 6) is -4.90. The quantitative estimate of drug-likeness (QED) is 0.181. The van der Waals surface area contributed by atoms with Gasteiger partial charge in [-0.2, -0.15) is 0 Å².